The van der Waals surface area contributed by atoms with Gasteiger partial charge in [0.2, 0.25) is 0 Å². The Balaban J connectivity index is 1.47. The summed E-state index contributed by atoms with van der Waals surface area (Å²) < 4.78 is 15.0. The zero-order valence-electron chi connectivity index (χ0n) is 18.6. The number of nitro groups is 1. The first-order chi connectivity index (χ1) is 17.0. The fourth-order valence-electron chi connectivity index (χ4n) is 5.80. The van der Waals surface area contributed by atoms with Crippen LogP contribution in [0.3, 0.4) is 0 Å². The summed E-state index contributed by atoms with van der Waals surface area (Å²) in [6, 6.07) is 25.8. The molecule has 4 aromatic rings. The lowest BCUT2D eigenvalue weighted by atomic mass is 9.75. The second-order valence-electron chi connectivity index (χ2n) is 9.14. The molecular formula is C28H22ClFN2O2S. The number of anilines is 1. The van der Waals surface area contributed by atoms with Gasteiger partial charge in [-0.2, -0.15) is 0 Å². The van der Waals surface area contributed by atoms with E-state index in [0.717, 1.165) is 22.0 Å². The summed E-state index contributed by atoms with van der Waals surface area (Å²) in [7, 11) is 0. The average Bonchev–Trinajstić information content (AvgIpc) is 3.19. The molecule has 1 aliphatic heterocycles. The molecule has 0 unspecified atom stereocenters. The number of para-hydroxylation sites is 1. The van der Waals surface area contributed by atoms with Crippen LogP contribution in [0.15, 0.2) is 89.8 Å². The fourth-order valence-corrected chi connectivity index (χ4v) is 7.74. The Morgan fingerprint density at radius 3 is 2.54 bits per heavy atom. The molecule has 1 aliphatic carbocycles. The maximum absolute atomic E-state index is 15.0. The van der Waals surface area contributed by atoms with Crippen molar-refractivity contribution in [3.05, 3.63) is 112 Å². The fraction of sp³-hybridized carbons (Fsp3) is 0.214. The molecule has 0 amide bonds. The van der Waals surface area contributed by atoms with Gasteiger partial charge in [-0.1, -0.05) is 60.7 Å². The van der Waals surface area contributed by atoms with E-state index >= 15 is 0 Å². The molecule has 1 saturated carbocycles. The van der Waals surface area contributed by atoms with Crippen LogP contribution in [0.2, 0.25) is 0 Å². The molecule has 0 bridgehead atoms. The number of nitrogens with one attached hydrogen (secondary N) is 1. The van der Waals surface area contributed by atoms with Gasteiger partial charge in [0.25, 0.3) is 5.69 Å². The van der Waals surface area contributed by atoms with Crippen LogP contribution in [0.5, 0.6) is 0 Å². The Labute approximate surface area is 211 Å². The van der Waals surface area contributed by atoms with E-state index in [1.807, 2.05) is 30.3 Å². The van der Waals surface area contributed by atoms with Crippen molar-refractivity contribution in [3.63, 3.8) is 0 Å². The SMILES string of the molecule is O=[N+]([O-])c1ccccc1S[C@@H]1C[C@H]2[C@H](c3c(ccc4ccccc34)N[C@H]2c2ccccc2F)[C@@H]1Cl. The van der Waals surface area contributed by atoms with Crippen LogP contribution in [0, 0.1) is 21.8 Å². The lowest BCUT2D eigenvalue weighted by Crippen LogP contribution is -2.31. The molecule has 4 nitrogen and oxygen atoms in total. The minimum absolute atomic E-state index is 0.0242. The molecule has 1 N–H and O–H groups in total. The number of thioether (sulfide) groups is 1. The molecule has 2 aliphatic rings. The summed E-state index contributed by atoms with van der Waals surface area (Å²) in [4.78, 5) is 11.9. The molecule has 0 spiro atoms. The van der Waals surface area contributed by atoms with Crippen LogP contribution in [0.4, 0.5) is 15.8 Å². The third-order valence-corrected chi connectivity index (χ3v) is 9.40. The molecule has 176 valence electrons. The van der Waals surface area contributed by atoms with Crippen LogP contribution in [-0.2, 0) is 0 Å². The van der Waals surface area contributed by atoms with Crippen molar-refractivity contribution in [2.24, 2.45) is 5.92 Å². The van der Waals surface area contributed by atoms with Crippen molar-refractivity contribution in [1.29, 1.82) is 0 Å². The second kappa shape index (κ2) is 8.85. The van der Waals surface area contributed by atoms with Gasteiger partial charge in [-0.15, -0.1) is 23.4 Å². The highest BCUT2D eigenvalue weighted by molar-refractivity contribution is 8.00. The van der Waals surface area contributed by atoms with Gasteiger partial charge >= 0.3 is 0 Å². The topological polar surface area (TPSA) is 55.2 Å². The average molecular weight is 505 g/mol. The Kier molecular flexibility index (Phi) is 5.66. The van der Waals surface area contributed by atoms with E-state index in [-0.39, 0.29) is 44.9 Å². The van der Waals surface area contributed by atoms with Crippen LogP contribution in [-0.4, -0.2) is 15.6 Å². The van der Waals surface area contributed by atoms with Crippen molar-refractivity contribution < 1.29 is 9.31 Å². The third-order valence-electron chi connectivity index (χ3n) is 7.29. The Morgan fingerprint density at radius 2 is 1.71 bits per heavy atom. The van der Waals surface area contributed by atoms with Crippen LogP contribution in [0.25, 0.3) is 10.8 Å². The summed E-state index contributed by atoms with van der Waals surface area (Å²) in [6.07, 6.45) is 0.713. The van der Waals surface area contributed by atoms with Gasteiger partial charge in [0.1, 0.15) is 5.82 Å². The van der Waals surface area contributed by atoms with Crippen molar-refractivity contribution in [1.82, 2.24) is 0 Å². The summed E-state index contributed by atoms with van der Waals surface area (Å²) in [5.41, 5.74) is 2.85. The highest BCUT2D eigenvalue weighted by Crippen LogP contribution is 2.59. The second-order valence-corrected chi connectivity index (χ2v) is 10.9. The minimum atomic E-state index is -0.347. The van der Waals surface area contributed by atoms with Gasteiger partial charge in [0, 0.05) is 28.5 Å². The van der Waals surface area contributed by atoms with Gasteiger partial charge in [0.05, 0.1) is 21.2 Å². The monoisotopic (exact) mass is 504 g/mol. The first kappa shape index (κ1) is 22.4. The maximum atomic E-state index is 15.0. The lowest BCUT2D eigenvalue weighted by Gasteiger charge is -2.39. The van der Waals surface area contributed by atoms with E-state index in [4.69, 9.17) is 11.6 Å². The predicted molar refractivity (Wildman–Crippen MR) is 140 cm³/mol. The van der Waals surface area contributed by atoms with E-state index in [1.165, 1.54) is 23.9 Å². The zero-order chi connectivity index (χ0) is 24.1. The van der Waals surface area contributed by atoms with Crippen molar-refractivity contribution in [2.45, 2.75) is 33.9 Å². The third kappa shape index (κ3) is 3.76. The first-order valence-corrected chi connectivity index (χ1v) is 12.9. The summed E-state index contributed by atoms with van der Waals surface area (Å²) in [5.74, 6) is -0.231. The van der Waals surface area contributed by atoms with Gasteiger partial charge in [-0.05, 0) is 46.9 Å². The zero-order valence-corrected chi connectivity index (χ0v) is 20.2. The molecule has 7 heteroatoms. The summed E-state index contributed by atoms with van der Waals surface area (Å²) in [5, 5.41) is 17.2. The van der Waals surface area contributed by atoms with Crippen LogP contribution < -0.4 is 5.32 Å². The molecule has 5 atom stereocenters. The highest BCUT2D eigenvalue weighted by atomic mass is 35.5. The number of rotatable bonds is 4. The Morgan fingerprint density at radius 1 is 0.971 bits per heavy atom. The number of hydrogen-bond donors (Lipinski definition) is 1. The number of fused-ring (bicyclic) bond motifs is 5. The maximum Gasteiger partial charge on any atom is 0.282 e. The molecule has 0 radical (unpaired) electrons. The van der Waals surface area contributed by atoms with Gasteiger partial charge in [-0.25, -0.2) is 4.39 Å². The molecule has 35 heavy (non-hydrogen) atoms. The highest BCUT2D eigenvalue weighted by Gasteiger charge is 2.51. The first-order valence-electron chi connectivity index (χ1n) is 11.6. The van der Waals surface area contributed by atoms with Crippen molar-refractivity contribution >= 4 is 45.5 Å². The largest absolute Gasteiger partial charge is 0.378 e. The van der Waals surface area contributed by atoms with Gasteiger partial charge < -0.3 is 5.32 Å². The van der Waals surface area contributed by atoms with Crippen molar-refractivity contribution in [2.75, 3.05) is 5.32 Å². The number of hydrogen-bond acceptors (Lipinski definition) is 4. The smallest absolute Gasteiger partial charge is 0.282 e. The predicted octanol–water partition coefficient (Wildman–Crippen LogP) is 7.93. The summed E-state index contributed by atoms with van der Waals surface area (Å²) >= 11 is 8.71. The van der Waals surface area contributed by atoms with Gasteiger partial charge in [0.15, 0.2) is 0 Å². The van der Waals surface area contributed by atoms with E-state index < -0.39 is 0 Å². The van der Waals surface area contributed by atoms with Crippen molar-refractivity contribution in [3.8, 4) is 0 Å². The van der Waals surface area contributed by atoms with Crippen LogP contribution in [0.1, 0.15) is 29.5 Å². The standard InChI is InChI=1S/C28H22ClFN2O2S/c29-27-24(35-23-12-6-5-11-22(23)32(33)34)15-19-26(27)25-17-8-2-1-7-16(17)13-14-21(25)31-28(19)18-9-3-4-10-20(18)30/h1-14,19,24,26-28,31H,15H2/t19-,24+,26+,27+,28-/m0/s1. The van der Waals surface area contributed by atoms with Crippen LogP contribution >= 0.6 is 23.4 Å². The number of benzene rings is 4. The molecule has 4 aromatic carbocycles. The lowest BCUT2D eigenvalue weighted by molar-refractivity contribution is -0.387. The Bertz CT molecular complexity index is 1450. The molecule has 0 aromatic heterocycles. The molecule has 0 saturated heterocycles. The van der Waals surface area contributed by atoms with E-state index in [9.17, 15) is 14.5 Å². The van der Waals surface area contributed by atoms with E-state index in [0.29, 0.717) is 16.9 Å². The molecular weight excluding hydrogens is 483 g/mol. The molecule has 1 heterocycles. The van der Waals surface area contributed by atoms with Gasteiger partial charge in [-0.3, -0.25) is 10.1 Å². The van der Waals surface area contributed by atoms with E-state index in [1.54, 1.807) is 18.2 Å². The quantitative estimate of drug-likeness (QED) is 0.174. The summed E-state index contributed by atoms with van der Waals surface area (Å²) in [6.45, 7) is 0. The van der Waals surface area contributed by atoms with E-state index in [2.05, 4.69) is 29.6 Å². The number of alkyl halides is 1. The minimum Gasteiger partial charge on any atom is -0.378 e. The number of nitrogens with zero attached hydrogens (tertiary/aromatic N) is 1. The molecule has 1 fully saturated rings. The Hall–Kier alpha value is -3.09. The normalized spacial score (nSPS) is 25.0. The molecule has 6 rings (SSSR count). The number of nitro benzene ring substituents is 1. The number of halogens is 2.